The Bertz CT molecular complexity index is 978. The highest BCUT2D eigenvalue weighted by Gasteiger charge is 2.20. The molecule has 1 fully saturated rings. The lowest BCUT2D eigenvalue weighted by atomic mass is 10.1. The molecule has 2 aromatic heterocycles. The first kappa shape index (κ1) is 18.0. The van der Waals surface area contributed by atoms with Gasteiger partial charge in [-0.3, -0.25) is 4.79 Å². The molecular weight excluding hydrogens is 358 g/mol. The Labute approximate surface area is 163 Å². The van der Waals surface area contributed by atoms with E-state index in [1.807, 2.05) is 49.1 Å². The molecule has 1 amide bonds. The van der Waals surface area contributed by atoms with Crippen molar-refractivity contribution in [3.05, 3.63) is 52.8 Å². The number of fused-ring (bicyclic) bond motifs is 1. The zero-order chi connectivity index (χ0) is 18.8. The van der Waals surface area contributed by atoms with Crippen molar-refractivity contribution in [3.63, 3.8) is 0 Å². The van der Waals surface area contributed by atoms with Crippen molar-refractivity contribution in [2.24, 2.45) is 0 Å². The number of hydrogen-bond acceptors (Lipinski definition) is 5. The smallest absolute Gasteiger partial charge is 0.254 e. The molecule has 7 heteroatoms. The zero-order valence-electron chi connectivity index (χ0n) is 15.7. The molecule has 1 aliphatic heterocycles. The molecule has 0 unspecified atom stereocenters. The summed E-state index contributed by atoms with van der Waals surface area (Å²) < 4.78 is 1.76. The first-order valence-electron chi connectivity index (χ1n) is 9.33. The van der Waals surface area contributed by atoms with Crippen molar-refractivity contribution in [3.8, 4) is 0 Å². The summed E-state index contributed by atoms with van der Waals surface area (Å²) in [6.45, 7) is 5.67. The Morgan fingerprint density at radius 3 is 2.70 bits per heavy atom. The van der Waals surface area contributed by atoms with E-state index in [1.54, 1.807) is 4.52 Å². The lowest BCUT2D eigenvalue weighted by molar-refractivity contribution is 0.0723. The second-order valence-electron chi connectivity index (χ2n) is 6.94. The molecule has 140 valence electrons. The van der Waals surface area contributed by atoms with E-state index in [4.69, 9.17) is 0 Å². The van der Waals surface area contributed by atoms with Gasteiger partial charge in [0.25, 0.3) is 11.7 Å². The van der Waals surface area contributed by atoms with Crippen LogP contribution in [-0.4, -0.2) is 43.5 Å². The molecule has 0 radical (unpaired) electrons. The average Bonchev–Trinajstić information content (AvgIpc) is 3.10. The van der Waals surface area contributed by atoms with Crippen LogP contribution < -0.4 is 0 Å². The predicted octanol–water partition coefficient (Wildman–Crippen LogP) is 3.66. The van der Waals surface area contributed by atoms with E-state index in [0.717, 1.165) is 48.4 Å². The molecule has 1 aliphatic rings. The Morgan fingerprint density at radius 2 is 1.89 bits per heavy atom. The Balaban J connectivity index is 1.53. The van der Waals surface area contributed by atoms with Gasteiger partial charge in [0.2, 0.25) is 5.16 Å². The van der Waals surface area contributed by atoms with Gasteiger partial charge in [0, 0.05) is 35.8 Å². The van der Waals surface area contributed by atoms with Gasteiger partial charge in [-0.1, -0.05) is 30.0 Å². The molecular formula is C20H23N5OS. The topological polar surface area (TPSA) is 63.4 Å². The molecule has 0 atom stereocenters. The highest BCUT2D eigenvalue weighted by Crippen LogP contribution is 2.24. The van der Waals surface area contributed by atoms with Crippen molar-refractivity contribution in [2.45, 2.75) is 44.0 Å². The molecule has 1 saturated heterocycles. The molecule has 3 aromatic rings. The summed E-state index contributed by atoms with van der Waals surface area (Å²) in [6.07, 6.45) is 3.41. The van der Waals surface area contributed by atoms with Crippen LogP contribution in [0.5, 0.6) is 0 Å². The molecule has 3 heterocycles. The standard InChI is InChI=1S/C20H23N5OS/c1-14-12-15(2)25-19(21-14)22-20(23-25)27-13-16-8-4-5-9-17(16)18(26)24-10-6-3-7-11-24/h4-5,8-9,12H,3,6-7,10-11,13H2,1-2H3. The minimum absolute atomic E-state index is 0.141. The maximum Gasteiger partial charge on any atom is 0.254 e. The second kappa shape index (κ2) is 7.68. The van der Waals surface area contributed by atoms with Crippen molar-refractivity contribution in [1.82, 2.24) is 24.5 Å². The van der Waals surface area contributed by atoms with Crippen LogP contribution in [0.2, 0.25) is 0 Å². The van der Waals surface area contributed by atoms with Crippen LogP contribution in [0.1, 0.15) is 46.6 Å². The third-order valence-corrected chi connectivity index (χ3v) is 5.73. The van der Waals surface area contributed by atoms with Gasteiger partial charge in [0.05, 0.1) is 0 Å². The number of piperidine rings is 1. The number of likely N-dealkylation sites (tertiary alicyclic amines) is 1. The SMILES string of the molecule is Cc1cc(C)n2nc(SCc3ccccc3C(=O)N3CCCCC3)nc2n1. The Hall–Kier alpha value is -2.41. The predicted molar refractivity (Wildman–Crippen MR) is 106 cm³/mol. The number of hydrogen-bond donors (Lipinski definition) is 0. The van der Waals surface area contributed by atoms with Crippen molar-refractivity contribution in [1.29, 1.82) is 0 Å². The number of carbonyl (C=O) groups excluding carboxylic acids is 1. The van der Waals surface area contributed by atoms with E-state index in [0.29, 0.717) is 16.7 Å². The summed E-state index contributed by atoms with van der Waals surface area (Å²) in [4.78, 5) is 23.9. The number of thioether (sulfide) groups is 1. The monoisotopic (exact) mass is 381 g/mol. The summed E-state index contributed by atoms with van der Waals surface area (Å²) >= 11 is 1.54. The quantitative estimate of drug-likeness (QED) is 0.646. The first-order valence-corrected chi connectivity index (χ1v) is 10.3. The van der Waals surface area contributed by atoms with E-state index >= 15 is 0 Å². The summed E-state index contributed by atoms with van der Waals surface area (Å²) in [6, 6.07) is 9.86. The number of carbonyl (C=O) groups is 1. The Kier molecular flexibility index (Phi) is 5.11. The van der Waals surface area contributed by atoms with Crippen molar-refractivity contribution in [2.75, 3.05) is 13.1 Å². The van der Waals surface area contributed by atoms with Gasteiger partial charge in [-0.05, 0) is 50.8 Å². The molecule has 6 nitrogen and oxygen atoms in total. The van der Waals surface area contributed by atoms with Crippen LogP contribution in [0.4, 0.5) is 0 Å². The number of aromatic nitrogens is 4. The summed E-state index contributed by atoms with van der Waals surface area (Å²) in [5, 5.41) is 5.22. The summed E-state index contributed by atoms with van der Waals surface area (Å²) in [7, 11) is 0. The van der Waals surface area contributed by atoms with Gasteiger partial charge in [0.15, 0.2) is 0 Å². The third kappa shape index (κ3) is 3.83. The number of aryl methyl sites for hydroxylation is 2. The number of amides is 1. The Morgan fingerprint density at radius 1 is 1.11 bits per heavy atom. The van der Waals surface area contributed by atoms with Gasteiger partial charge in [-0.2, -0.15) is 4.98 Å². The first-order chi connectivity index (χ1) is 13.1. The fourth-order valence-electron chi connectivity index (χ4n) is 3.47. The largest absolute Gasteiger partial charge is 0.339 e. The minimum atomic E-state index is 0.141. The van der Waals surface area contributed by atoms with E-state index in [9.17, 15) is 4.79 Å². The molecule has 1 aromatic carbocycles. The van der Waals surface area contributed by atoms with Gasteiger partial charge in [-0.15, -0.1) is 5.10 Å². The fraction of sp³-hybridized carbons (Fsp3) is 0.400. The highest BCUT2D eigenvalue weighted by atomic mass is 32.2. The van der Waals surface area contributed by atoms with Crippen LogP contribution in [0.3, 0.4) is 0 Å². The fourth-order valence-corrected chi connectivity index (χ4v) is 4.30. The maximum absolute atomic E-state index is 12.9. The van der Waals surface area contributed by atoms with Gasteiger partial charge < -0.3 is 4.90 Å². The number of nitrogens with zero attached hydrogens (tertiary/aromatic N) is 5. The second-order valence-corrected chi connectivity index (χ2v) is 7.89. The summed E-state index contributed by atoms with van der Waals surface area (Å²) in [5.74, 6) is 1.42. The minimum Gasteiger partial charge on any atom is -0.339 e. The normalized spacial score (nSPS) is 14.7. The molecule has 0 spiro atoms. The number of rotatable bonds is 4. The molecule has 0 bridgehead atoms. The van der Waals surface area contributed by atoms with Crippen LogP contribution in [0.25, 0.3) is 5.78 Å². The van der Waals surface area contributed by atoms with Crippen LogP contribution >= 0.6 is 11.8 Å². The molecule has 27 heavy (non-hydrogen) atoms. The lowest BCUT2D eigenvalue weighted by Crippen LogP contribution is -2.36. The molecule has 0 aliphatic carbocycles. The van der Waals surface area contributed by atoms with Crippen LogP contribution in [0, 0.1) is 13.8 Å². The third-order valence-electron chi connectivity index (χ3n) is 4.85. The zero-order valence-corrected chi connectivity index (χ0v) is 16.5. The lowest BCUT2D eigenvalue weighted by Gasteiger charge is -2.27. The summed E-state index contributed by atoms with van der Waals surface area (Å²) in [5.41, 5.74) is 3.76. The van der Waals surface area contributed by atoms with Gasteiger partial charge in [-0.25, -0.2) is 9.50 Å². The van der Waals surface area contributed by atoms with Gasteiger partial charge in [0.1, 0.15) is 0 Å². The van der Waals surface area contributed by atoms with Crippen molar-refractivity contribution < 1.29 is 4.79 Å². The number of benzene rings is 1. The molecule has 0 N–H and O–H groups in total. The van der Waals surface area contributed by atoms with E-state index in [2.05, 4.69) is 15.1 Å². The van der Waals surface area contributed by atoms with Crippen molar-refractivity contribution >= 4 is 23.4 Å². The van der Waals surface area contributed by atoms with Gasteiger partial charge >= 0.3 is 0 Å². The van der Waals surface area contributed by atoms with E-state index in [-0.39, 0.29) is 5.91 Å². The van der Waals surface area contributed by atoms with E-state index in [1.165, 1.54) is 18.2 Å². The van der Waals surface area contributed by atoms with E-state index < -0.39 is 0 Å². The highest BCUT2D eigenvalue weighted by molar-refractivity contribution is 7.98. The average molecular weight is 382 g/mol. The molecule has 0 saturated carbocycles. The van der Waals surface area contributed by atoms with Crippen LogP contribution in [0.15, 0.2) is 35.5 Å². The maximum atomic E-state index is 12.9. The van der Waals surface area contributed by atoms with Crippen LogP contribution in [-0.2, 0) is 5.75 Å². The molecule has 4 rings (SSSR count).